The monoisotopic (exact) mass is 370 g/mol. The Labute approximate surface area is 160 Å². The Morgan fingerprint density at radius 3 is 2.19 bits per heavy atom. The van der Waals surface area contributed by atoms with Gasteiger partial charge in [0, 0.05) is 26.2 Å². The quantitative estimate of drug-likeness (QED) is 0.813. The molecule has 2 aromatic carbocycles. The lowest BCUT2D eigenvalue weighted by Crippen LogP contribution is -2.28. The summed E-state index contributed by atoms with van der Waals surface area (Å²) in [5.41, 5.74) is 3.65. The van der Waals surface area contributed by atoms with E-state index >= 15 is 0 Å². The number of anilines is 1. The highest BCUT2D eigenvalue weighted by Gasteiger charge is 2.14. The summed E-state index contributed by atoms with van der Waals surface area (Å²) in [5, 5.41) is 2.71. The summed E-state index contributed by atoms with van der Waals surface area (Å²) in [4.78, 5) is 25.3. The molecule has 0 unspecified atom stereocenters. The lowest BCUT2D eigenvalue weighted by Gasteiger charge is -2.20. The number of benzene rings is 2. The molecule has 0 saturated carbocycles. The number of ether oxygens (including phenoxy) is 2. The van der Waals surface area contributed by atoms with Crippen LogP contribution in [0.5, 0.6) is 11.5 Å². The minimum Gasteiger partial charge on any atom is -0.493 e. The van der Waals surface area contributed by atoms with E-state index < -0.39 is 0 Å². The molecule has 144 valence electrons. The summed E-state index contributed by atoms with van der Waals surface area (Å²) in [5.74, 6) is 1.21. The molecule has 0 atom stereocenters. The number of likely N-dealkylation sites (N-methyl/N-ethyl adjacent to an activating group) is 1. The van der Waals surface area contributed by atoms with E-state index in [1.807, 2.05) is 31.2 Å². The Hall–Kier alpha value is -3.02. The van der Waals surface area contributed by atoms with E-state index in [4.69, 9.17) is 9.47 Å². The number of amides is 2. The topological polar surface area (TPSA) is 67.9 Å². The van der Waals surface area contributed by atoms with Gasteiger partial charge in [-0.2, -0.15) is 0 Å². The molecular formula is C21H26N2O4. The molecule has 0 radical (unpaired) electrons. The fourth-order valence-electron chi connectivity index (χ4n) is 2.76. The van der Waals surface area contributed by atoms with Gasteiger partial charge in [0.05, 0.1) is 20.6 Å². The van der Waals surface area contributed by atoms with E-state index in [-0.39, 0.29) is 11.8 Å². The van der Waals surface area contributed by atoms with Crippen LogP contribution in [0.15, 0.2) is 36.4 Å². The fourth-order valence-corrected chi connectivity index (χ4v) is 2.76. The molecule has 0 aliphatic rings. The Morgan fingerprint density at radius 1 is 1.04 bits per heavy atom. The van der Waals surface area contributed by atoms with Crippen LogP contribution in [-0.2, 0) is 22.6 Å². The molecule has 6 nitrogen and oxygen atoms in total. The molecule has 6 heteroatoms. The highest BCUT2D eigenvalue weighted by molar-refractivity contribution is 5.88. The van der Waals surface area contributed by atoms with Crippen molar-refractivity contribution in [1.29, 1.82) is 0 Å². The smallest absolute Gasteiger partial charge is 0.227 e. The Bertz CT molecular complexity index is 816. The van der Waals surface area contributed by atoms with Crippen molar-refractivity contribution in [1.82, 2.24) is 4.90 Å². The third-order valence-electron chi connectivity index (χ3n) is 4.31. The number of hydrogen-bond donors (Lipinski definition) is 1. The molecule has 0 heterocycles. The molecule has 2 rings (SSSR count). The van der Waals surface area contributed by atoms with Crippen molar-refractivity contribution in [2.75, 3.05) is 26.6 Å². The van der Waals surface area contributed by atoms with Crippen molar-refractivity contribution >= 4 is 17.5 Å². The molecule has 2 aromatic rings. The molecule has 1 N–H and O–H groups in total. The second-order valence-corrected chi connectivity index (χ2v) is 6.44. The first-order chi connectivity index (χ1) is 12.8. The van der Waals surface area contributed by atoms with E-state index in [9.17, 15) is 9.59 Å². The van der Waals surface area contributed by atoms with Crippen molar-refractivity contribution in [2.45, 2.75) is 26.8 Å². The largest absolute Gasteiger partial charge is 0.493 e. The third-order valence-corrected chi connectivity index (χ3v) is 4.31. The maximum atomic E-state index is 12.6. The van der Waals surface area contributed by atoms with Crippen LogP contribution in [-0.4, -0.2) is 38.0 Å². The zero-order valence-electron chi connectivity index (χ0n) is 16.5. The number of aryl methyl sites for hydroxylation is 1. The second-order valence-electron chi connectivity index (χ2n) is 6.44. The minimum absolute atomic E-state index is 0.0106. The van der Waals surface area contributed by atoms with Gasteiger partial charge in [0.2, 0.25) is 11.8 Å². The predicted octanol–water partition coefficient (Wildman–Crippen LogP) is 3.17. The van der Waals surface area contributed by atoms with Crippen LogP contribution in [0.3, 0.4) is 0 Å². The summed E-state index contributed by atoms with van der Waals surface area (Å²) < 4.78 is 10.7. The van der Waals surface area contributed by atoms with Crippen molar-refractivity contribution in [3.8, 4) is 11.5 Å². The summed E-state index contributed by atoms with van der Waals surface area (Å²) in [7, 11) is 4.98. The number of nitrogens with one attached hydrogen (secondary N) is 1. The summed E-state index contributed by atoms with van der Waals surface area (Å²) in [6.07, 6.45) is 0.295. The van der Waals surface area contributed by atoms with Gasteiger partial charge in [-0.3, -0.25) is 9.59 Å². The van der Waals surface area contributed by atoms with E-state index in [1.165, 1.54) is 6.92 Å². The first-order valence-corrected chi connectivity index (χ1v) is 8.66. The number of hydrogen-bond acceptors (Lipinski definition) is 4. The number of rotatable bonds is 7. The van der Waals surface area contributed by atoms with Gasteiger partial charge in [-0.1, -0.05) is 12.1 Å². The second kappa shape index (κ2) is 9.07. The van der Waals surface area contributed by atoms with E-state index in [1.54, 1.807) is 38.3 Å². The van der Waals surface area contributed by atoms with Gasteiger partial charge < -0.3 is 19.7 Å². The first kappa shape index (κ1) is 20.3. The van der Waals surface area contributed by atoms with Gasteiger partial charge in [0.1, 0.15) is 0 Å². The maximum Gasteiger partial charge on any atom is 0.227 e. The fraction of sp³-hybridized carbons (Fsp3) is 0.333. The molecule has 0 aliphatic heterocycles. The van der Waals surface area contributed by atoms with Gasteiger partial charge in [0.15, 0.2) is 11.5 Å². The van der Waals surface area contributed by atoms with Gasteiger partial charge in [-0.25, -0.2) is 0 Å². The van der Waals surface area contributed by atoms with Crippen LogP contribution in [0, 0.1) is 6.92 Å². The molecule has 0 spiro atoms. The van der Waals surface area contributed by atoms with E-state index in [0.29, 0.717) is 30.2 Å². The van der Waals surface area contributed by atoms with Crippen LogP contribution < -0.4 is 14.8 Å². The van der Waals surface area contributed by atoms with Gasteiger partial charge in [0.25, 0.3) is 0 Å². The normalized spacial score (nSPS) is 10.3. The molecule has 0 fully saturated rings. The number of nitrogens with zero attached hydrogens (tertiary/aromatic N) is 1. The van der Waals surface area contributed by atoms with Crippen LogP contribution >= 0.6 is 0 Å². The van der Waals surface area contributed by atoms with Gasteiger partial charge in [-0.15, -0.1) is 0 Å². The molecular weight excluding hydrogens is 344 g/mol. The predicted molar refractivity (Wildman–Crippen MR) is 105 cm³/mol. The van der Waals surface area contributed by atoms with Crippen molar-refractivity contribution < 1.29 is 19.1 Å². The summed E-state index contributed by atoms with van der Waals surface area (Å²) >= 11 is 0. The maximum absolute atomic E-state index is 12.6. The molecule has 2 amide bonds. The van der Waals surface area contributed by atoms with Crippen molar-refractivity contribution in [3.05, 3.63) is 53.1 Å². The Kier molecular flexibility index (Phi) is 6.82. The lowest BCUT2D eigenvalue weighted by molar-refractivity contribution is -0.129. The molecule has 0 aliphatic carbocycles. The number of methoxy groups -OCH3 is 2. The third kappa shape index (κ3) is 5.48. The van der Waals surface area contributed by atoms with Gasteiger partial charge >= 0.3 is 0 Å². The zero-order valence-corrected chi connectivity index (χ0v) is 16.5. The lowest BCUT2D eigenvalue weighted by atomic mass is 10.1. The molecule has 0 aromatic heterocycles. The van der Waals surface area contributed by atoms with Crippen LogP contribution in [0.2, 0.25) is 0 Å². The van der Waals surface area contributed by atoms with Crippen LogP contribution in [0.1, 0.15) is 23.6 Å². The Morgan fingerprint density at radius 2 is 1.63 bits per heavy atom. The zero-order chi connectivity index (χ0) is 20.0. The van der Waals surface area contributed by atoms with Crippen LogP contribution in [0.25, 0.3) is 0 Å². The number of carbonyl (C=O) groups is 2. The highest BCUT2D eigenvalue weighted by atomic mass is 16.5. The molecule has 0 bridgehead atoms. The molecule has 0 saturated heterocycles. The first-order valence-electron chi connectivity index (χ1n) is 8.66. The Balaban J connectivity index is 2.04. The highest BCUT2D eigenvalue weighted by Crippen LogP contribution is 2.30. The van der Waals surface area contributed by atoms with E-state index in [2.05, 4.69) is 5.32 Å². The van der Waals surface area contributed by atoms with E-state index in [0.717, 1.165) is 16.7 Å². The average molecular weight is 370 g/mol. The minimum atomic E-state index is -0.121. The summed E-state index contributed by atoms with van der Waals surface area (Å²) in [6, 6.07) is 11.1. The standard InChI is InChI=1S/C21H26N2O4/c1-14-10-19(26-4)20(27-5)12-17(14)13-23(3)21(25)11-16-6-8-18(9-7-16)22-15(2)24/h6-10,12H,11,13H2,1-5H3,(H,22,24). The van der Waals surface area contributed by atoms with Crippen molar-refractivity contribution in [2.24, 2.45) is 0 Å². The average Bonchev–Trinajstić information content (AvgIpc) is 2.64. The number of carbonyl (C=O) groups excluding carboxylic acids is 2. The molecule has 27 heavy (non-hydrogen) atoms. The summed E-state index contributed by atoms with van der Waals surface area (Å²) in [6.45, 7) is 3.92. The van der Waals surface area contributed by atoms with Gasteiger partial charge in [-0.05, 0) is 47.9 Å². The van der Waals surface area contributed by atoms with Crippen molar-refractivity contribution in [3.63, 3.8) is 0 Å². The SMILES string of the molecule is COc1cc(C)c(CN(C)C(=O)Cc2ccc(NC(C)=O)cc2)cc1OC. The van der Waals surface area contributed by atoms with Crippen LogP contribution in [0.4, 0.5) is 5.69 Å².